The van der Waals surface area contributed by atoms with Gasteiger partial charge in [-0.05, 0) is 35.6 Å². The molecule has 1 aromatic heterocycles. The smallest absolute Gasteiger partial charge is 0.306 e. The first-order valence-corrected chi connectivity index (χ1v) is 7.39. The maximum absolute atomic E-state index is 11.3. The van der Waals surface area contributed by atoms with E-state index in [-0.39, 0.29) is 11.4 Å². The van der Waals surface area contributed by atoms with E-state index >= 15 is 0 Å². The van der Waals surface area contributed by atoms with Crippen molar-refractivity contribution in [3.8, 4) is 0 Å². The van der Waals surface area contributed by atoms with Gasteiger partial charge in [-0.15, -0.1) is 0 Å². The fourth-order valence-corrected chi connectivity index (χ4v) is 3.24. The van der Waals surface area contributed by atoms with Gasteiger partial charge >= 0.3 is 5.97 Å². The predicted octanol–water partition coefficient (Wildman–Crippen LogP) is 1.94. The van der Waals surface area contributed by atoms with Crippen molar-refractivity contribution in [2.45, 2.75) is 25.0 Å². The van der Waals surface area contributed by atoms with Crippen LogP contribution in [0.2, 0.25) is 0 Å². The van der Waals surface area contributed by atoms with Crippen molar-refractivity contribution in [2.24, 2.45) is 11.3 Å². The van der Waals surface area contributed by atoms with Gasteiger partial charge in [0, 0.05) is 11.9 Å². The number of pyridine rings is 1. The first-order valence-electron chi connectivity index (χ1n) is 6.24. The molecule has 1 heterocycles. The minimum Gasteiger partial charge on any atom is -0.469 e. The number of nitrogens with zero attached hydrogens (tertiary/aromatic N) is 1. The number of nitrogens with two attached hydrogens (primary N) is 1. The fourth-order valence-electron chi connectivity index (χ4n) is 1.91. The SMILES string of the molecule is COC(=O)CC1(CSCc2ccc(NN)nc2)CC1. The number of esters is 1. The van der Waals surface area contributed by atoms with Crippen LogP contribution < -0.4 is 11.3 Å². The van der Waals surface area contributed by atoms with E-state index in [0.29, 0.717) is 12.2 Å². The average Bonchev–Trinajstić information content (AvgIpc) is 3.19. The highest BCUT2D eigenvalue weighted by Gasteiger charge is 2.44. The zero-order valence-electron chi connectivity index (χ0n) is 11.0. The van der Waals surface area contributed by atoms with Gasteiger partial charge in [-0.3, -0.25) is 4.79 Å². The molecule has 2 rings (SSSR count). The minimum absolute atomic E-state index is 0.0989. The molecule has 0 aromatic carbocycles. The molecule has 1 saturated carbocycles. The number of carbonyl (C=O) groups is 1. The van der Waals surface area contributed by atoms with Gasteiger partial charge in [-0.25, -0.2) is 10.8 Å². The van der Waals surface area contributed by atoms with Gasteiger partial charge in [0.1, 0.15) is 5.82 Å². The molecule has 0 unspecified atom stereocenters. The lowest BCUT2D eigenvalue weighted by molar-refractivity contribution is -0.141. The molecule has 6 heteroatoms. The van der Waals surface area contributed by atoms with Crippen molar-refractivity contribution in [3.63, 3.8) is 0 Å². The van der Waals surface area contributed by atoms with Crippen LogP contribution in [0.3, 0.4) is 0 Å². The number of hydrogen-bond acceptors (Lipinski definition) is 6. The molecule has 3 N–H and O–H groups in total. The van der Waals surface area contributed by atoms with Crippen LogP contribution in [-0.2, 0) is 15.3 Å². The summed E-state index contributed by atoms with van der Waals surface area (Å²) in [5, 5.41) is 0. The number of nitrogens with one attached hydrogen (secondary N) is 1. The second-order valence-corrected chi connectivity index (χ2v) is 5.93. The third kappa shape index (κ3) is 4.11. The van der Waals surface area contributed by atoms with E-state index in [1.54, 1.807) is 0 Å². The van der Waals surface area contributed by atoms with Crippen LogP contribution in [0.4, 0.5) is 5.82 Å². The maximum atomic E-state index is 11.3. The van der Waals surface area contributed by atoms with Gasteiger partial charge in [0.25, 0.3) is 0 Å². The maximum Gasteiger partial charge on any atom is 0.306 e. The molecular formula is C13H19N3O2S. The van der Waals surface area contributed by atoms with Gasteiger partial charge in [-0.1, -0.05) is 6.07 Å². The van der Waals surface area contributed by atoms with E-state index in [1.165, 1.54) is 7.11 Å². The molecule has 104 valence electrons. The number of hydrogen-bond donors (Lipinski definition) is 2. The van der Waals surface area contributed by atoms with Crippen molar-refractivity contribution >= 4 is 23.5 Å². The van der Waals surface area contributed by atoms with Crippen molar-refractivity contribution in [2.75, 3.05) is 18.3 Å². The average molecular weight is 281 g/mol. The van der Waals surface area contributed by atoms with Crippen LogP contribution in [0.5, 0.6) is 0 Å². The summed E-state index contributed by atoms with van der Waals surface area (Å²) in [5.41, 5.74) is 3.85. The van der Waals surface area contributed by atoms with Crippen LogP contribution >= 0.6 is 11.8 Å². The van der Waals surface area contributed by atoms with E-state index in [2.05, 4.69) is 10.4 Å². The van der Waals surface area contributed by atoms with Gasteiger partial charge in [-0.2, -0.15) is 11.8 Å². The highest BCUT2D eigenvalue weighted by atomic mass is 32.2. The Labute approximate surface area is 117 Å². The Bertz CT molecular complexity index is 432. The zero-order chi connectivity index (χ0) is 13.7. The lowest BCUT2D eigenvalue weighted by Crippen LogP contribution is -2.13. The minimum atomic E-state index is -0.0989. The van der Waals surface area contributed by atoms with Crippen molar-refractivity contribution in [1.82, 2.24) is 4.98 Å². The largest absolute Gasteiger partial charge is 0.469 e. The Hall–Kier alpha value is -1.27. The van der Waals surface area contributed by atoms with Gasteiger partial charge in [0.05, 0.1) is 13.5 Å². The highest BCUT2D eigenvalue weighted by molar-refractivity contribution is 7.98. The van der Waals surface area contributed by atoms with Crippen LogP contribution in [0.25, 0.3) is 0 Å². The van der Waals surface area contributed by atoms with Crippen LogP contribution in [0, 0.1) is 5.41 Å². The van der Waals surface area contributed by atoms with Crippen LogP contribution in [0.15, 0.2) is 18.3 Å². The molecule has 0 atom stereocenters. The number of rotatable bonds is 7. The van der Waals surface area contributed by atoms with E-state index < -0.39 is 0 Å². The lowest BCUT2D eigenvalue weighted by atomic mass is 10.1. The van der Waals surface area contributed by atoms with Gasteiger partial charge in [0.15, 0.2) is 0 Å². The Morgan fingerprint density at radius 1 is 1.58 bits per heavy atom. The Morgan fingerprint density at radius 2 is 2.37 bits per heavy atom. The Morgan fingerprint density at radius 3 is 2.89 bits per heavy atom. The molecule has 0 radical (unpaired) electrons. The molecule has 1 aliphatic carbocycles. The van der Waals surface area contributed by atoms with E-state index in [1.807, 2.05) is 30.1 Å². The summed E-state index contributed by atoms with van der Waals surface area (Å²) >= 11 is 1.84. The zero-order valence-corrected chi connectivity index (χ0v) is 11.8. The van der Waals surface area contributed by atoms with Crippen molar-refractivity contribution in [3.05, 3.63) is 23.9 Å². The molecule has 5 nitrogen and oxygen atoms in total. The van der Waals surface area contributed by atoms with Gasteiger partial charge in [0.2, 0.25) is 0 Å². The monoisotopic (exact) mass is 281 g/mol. The topological polar surface area (TPSA) is 77.2 Å². The van der Waals surface area contributed by atoms with E-state index in [4.69, 9.17) is 10.6 Å². The quantitative estimate of drug-likeness (QED) is 0.452. The summed E-state index contributed by atoms with van der Waals surface area (Å²) in [5.74, 6) is 7.73. The molecule has 1 fully saturated rings. The van der Waals surface area contributed by atoms with Crippen molar-refractivity contribution < 1.29 is 9.53 Å². The summed E-state index contributed by atoms with van der Waals surface area (Å²) in [6.45, 7) is 0. The number of anilines is 1. The van der Waals surface area contributed by atoms with Crippen molar-refractivity contribution in [1.29, 1.82) is 0 Å². The third-order valence-corrected chi connectivity index (χ3v) is 4.71. The van der Waals surface area contributed by atoms with Crippen LogP contribution in [0.1, 0.15) is 24.8 Å². The molecule has 1 aliphatic rings. The number of aromatic nitrogens is 1. The van der Waals surface area contributed by atoms with Gasteiger partial charge < -0.3 is 10.2 Å². The fraction of sp³-hybridized carbons (Fsp3) is 0.538. The molecule has 1 aromatic rings. The molecule has 0 aliphatic heterocycles. The number of methoxy groups -OCH3 is 1. The third-order valence-electron chi connectivity index (χ3n) is 3.35. The highest BCUT2D eigenvalue weighted by Crippen LogP contribution is 2.51. The normalized spacial score (nSPS) is 15.9. The number of thioether (sulfide) groups is 1. The first-order chi connectivity index (χ1) is 9.17. The predicted molar refractivity (Wildman–Crippen MR) is 76.5 cm³/mol. The number of hydrazine groups is 1. The lowest BCUT2D eigenvalue weighted by Gasteiger charge is -2.12. The second kappa shape index (κ2) is 6.25. The standard InChI is InChI=1S/C13H19N3O2S/c1-18-12(17)6-13(4-5-13)9-19-8-10-2-3-11(16-14)15-7-10/h2-3,7H,4-6,8-9,14H2,1H3,(H,15,16). The molecule has 19 heavy (non-hydrogen) atoms. The molecular weight excluding hydrogens is 262 g/mol. The number of carbonyl (C=O) groups excluding carboxylic acids is 1. The summed E-state index contributed by atoms with van der Waals surface area (Å²) in [7, 11) is 1.45. The second-order valence-electron chi connectivity index (χ2n) is 4.94. The van der Waals surface area contributed by atoms with Crippen LogP contribution in [-0.4, -0.2) is 23.8 Å². The first kappa shape index (κ1) is 14.1. The van der Waals surface area contributed by atoms with E-state index in [0.717, 1.165) is 29.9 Å². The summed E-state index contributed by atoms with van der Waals surface area (Å²) < 4.78 is 4.74. The number of nitrogen functional groups attached to an aromatic ring is 1. The number of ether oxygens (including phenoxy) is 1. The molecule has 0 amide bonds. The van der Waals surface area contributed by atoms with E-state index in [9.17, 15) is 4.79 Å². The summed E-state index contributed by atoms with van der Waals surface area (Å²) in [4.78, 5) is 15.5. The molecule has 0 bridgehead atoms. The summed E-state index contributed by atoms with van der Waals surface area (Å²) in [6, 6.07) is 3.87. The molecule has 0 spiro atoms. The molecule has 0 saturated heterocycles. The Balaban J connectivity index is 1.75. The Kier molecular flexibility index (Phi) is 4.66. The summed E-state index contributed by atoms with van der Waals surface area (Å²) in [6.07, 6.45) is 4.62.